The molecule has 0 aliphatic carbocycles. The second kappa shape index (κ2) is 7.16. The van der Waals surface area contributed by atoms with Crippen molar-refractivity contribution < 1.29 is 0 Å². The predicted octanol–water partition coefficient (Wildman–Crippen LogP) is 3.73. The van der Waals surface area contributed by atoms with E-state index in [0.717, 1.165) is 34.3 Å². The van der Waals surface area contributed by atoms with Gasteiger partial charge in [0, 0.05) is 15.1 Å². The molecule has 0 amide bonds. The van der Waals surface area contributed by atoms with Gasteiger partial charge in [0.1, 0.15) is 0 Å². The van der Waals surface area contributed by atoms with Gasteiger partial charge in [-0.2, -0.15) is 0 Å². The highest BCUT2D eigenvalue weighted by atomic mass is 79.9. The van der Waals surface area contributed by atoms with Crippen molar-refractivity contribution in [3.05, 3.63) is 26.9 Å². The average molecular weight is 391 g/mol. The van der Waals surface area contributed by atoms with Crippen molar-refractivity contribution in [3.8, 4) is 0 Å². The lowest BCUT2D eigenvalue weighted by molar-refractivity contribution is 0.0925. The Labute approximate surface area is 132 Å². The molecule has 0 bridgehead atoms. The van der Waals surface area contributed by atoms with Crippen molar-refractivity contribution in [2.75, 3.05) is 19.6 Å². The van der Waals surface area contributed by atoms with Crippen molar-refractivity contribution in [2.45, 2.75) is 32.2 Å². The van der Waals surface area contributed by atoms with E-state index in [2.05, 4.69) is 54.7 Å². The molecule has 0 saturated carbocycles. The zero-order valence-corrected chi connectivity index (χ0v) is 14.5. The van der Waals surface area contributed by atoms with E-state index in [1.807, 2.05) is 6.20 Å². The van der Waals surface area contributed by atoms with Crippen LogP contribution in [0.4, 0.5) is 0 Å². The Hall–Kier alpha value is 0.0300. The SMILES string of the molecule is CCCN1CCCC(CN)C1c1ncc(Br)cc1Br. The van der Waals surface area contributed by atoms with Crippen LogP contribution in [0.15, 0.2) is 21.2 Å². The molecule has 3 nitrogen and oxygen atoms in total. The van der Waals surface area contributed by atoms with Crippen LogP contribution < -0.4 is 5.73 Å². The van der Waals surface area contributed by atoms with E-state index in [1.54, 1.807) is 0 Å². The topological polar surface area (TPSA) is 42.1 Å². The van der Waals surface area contributed by atoms with Gasteiger partial charge in [0.15, 0.2) is 0 Å². The Kier molecular flexibility index (Phi) is 5.81. The third kappa shape index (κ3) is 3.57. The molecule has 0 radical (unpaired) electrons. The minimum atomic E-state index is 0.348. The van der Waals surface area contributed by atoms with Crippen molar-refractivity contribution in [3.63, 3.8) is 0 Å². The van der Waals surface area contributed by atoms with Crippen LogP contribution in [0.1, 0.15) is 37.9 Å². The number of halogens is 2. The van der Waals surface area contributed by atoms with Crippen LogP contribution in [-0.4, -0.2) is 29.5 Å². The molecule has 1 aromatic rings. The summed E-state index contributed by atoms with van der Waals surface area (Å²) in [6, 6.07) is 2.43. The van der Waals surface area contributed by atoms with E-state index in [1.165, 1.54) is 19.3 Å². The van der Waals surface area contributed by atoms with E-state index in [-0.39, 0.29) is 0 Å². The molecule has 1 aliphatic heterocycles. The number of hydrogen-bond donors (Lipinski definition) is 1. The van der Waals surface area contributed by atoms with Crippen molar-refractivity contribution in [2.24, 2.45) is 11.7 Å². The number of piperidine rings is 1. The van der Waals surface area contributed by atoms with E-state index >= 15 is 0 Å². The smallest absolute Gasteiger partial charge is 0.0721 e. The fourth-order valence-electron chi connectivity index (χ4n) is 2.98. The molecular formula is C14H21Br2N3. The summed E-state index contributed by atoms with van der Waals surface area (Å²) in [5, 5.41) is 0. The Morgan fingerprint density at radius 2 is 2.26 bits per heavy atom. The third-order valence-electron chi connectivity index (χ3n) is 3.79. The van der Waals surface area contributed by atoms with Crippen LogP contribution in [0.2, 0.25) is 0 Å². The summed E-state index contributed by atoms with van der Waals surface area (Å²) in [6.07, 6.45) is 5.49. The molecule has 2 heterocycles. The molecule has 0 aromatic carbocycles. The predicted molar refractivity (Wildman–Crippen MR) is 86.0 cm³/mol. The van der Waals surface area contributed by atoms with Crippen molar-refractivity contribution in [1.82, 2.24) is 9.88 Å². The number of pyridine rings is 1. The van der Waals surface area contributed by atoms with Gasteiger partial charge in [-0.15, -0.1) is 0 Å². The molecule has 1 saturated heterocycles. The zero-order valence-electron chi connectivity index (χ0n) is 11.3. The van der Waals surface area contributed by atoms with Gasteiger partial charge in [-0.1, -0.05) is 6.92 Å². The number of hydrogen-bond acceptors (Lipinski definition) is 3. The highest BCUT2D eigenvalue weighted by molar-refractivity contribution is 9.11. The molecule has 106 valence electrons. The summed E-state index contributed by atoms with van der Waals surface area (Å²) < 4.78 is 2.08. The van der Waals surface area contributed by atoms with Gasteiger partial charge >= 0.3 is 0 Å². The Bertz CT molecular complexity index is 423. The highest BCUT2D eigenvalue weighted by Crippen LogP contribution is 2.38. The van der Waals surface area contributed by atoms with Gasteiger partial charge in [0.2, 0.25) is 0 Å². The van der Waals surface area contributed by atoms with Crippen molar-refractivity contribution >= 4 is 31.9 Å². The molecule has 19 heavy (non-hydrogen) atoms. The molecule has 0 spiro atoms. The molecular weight excluding hydrogens is 370 g/mol. The van der Waals surface area contributed by atoms with Crippen LogP contribution in [0.3, 0.4) is 0 Å². The molecule has 1 aliphatic rings. The van der Waals surface area contributed by atoms with E-state index < -0.39 is 0 Å². The van der Waals surface area contributed by atoms with Crippen LogP contribution in [0.5, 0.6) is 0 Å². The monoisotopic (exact) mass is 389 g/mol. The van der Waals surface area contributed by atoms with Gasteiger partial charge < -0.3 is 5.73 Å². The van der Waals surface area contributed by atoms with E-state index in [4.69, 9.17) is 5.73 Å². The fourth-order valence-corrected chi connectivity index (χ4v) is 4.20. The van der Waals surface area contributed by atoms with Gasteiger partial charge in [-0.05, 0) is 82.7 Å². The maximum atomic E-state index is 5.99. The molecule has 2 N–H and O–H groups in total. The molecule has 1 fully saturated rings. The standard InChI is InChI=1S/C14H21Br2N3/c1-2-5-19-6-3-4-10(8-17)14(19)13-12(16)7-11(15)9-18-13/h7,9-10,14H,2-6,8,17H2,1H3. The maximum absolute atomic E-state index is 5.99. The quantitative estimate of drug-likeness (QED) is 0.851. The first kappa shape index (κ1) is 15.4. The Morgan fingerprint density at radius 3 is 2.89 bits per heavy atom. The number of likely N-dealkylation sites (tertiary alicyclic amines) is 1. The average Bonchev–Trinajstić information content (AvgIpc) is 2.39. The first-order valence-corrected chi connectivity index (χ1v) is 8.51. The lowest BCUT2D eigenvalue weighted by Crippen LogP contribution is -2.42. The molecule has 5 heteroatoms. The minimum Gasteiger partial charge on any atom is -0.330 e. The highest BCUT2D eigenvalue weighted by Gasteiger charge is 2.33. The van der Waals surface area contributed by atoms with Gasteiger partial charge in [0.05, 0.1) is 11.7 Å². The van der Waals surface area contributed by atoms with Gasteiger partial charge in [-0.3, -0.25) is 9.88 Å². The zero-order chi connectivity index (χ0) is 13.8. The summed E-state index contributed by atoms with van der Waals surface area (Å²) in [6.45, 7) is 5.23. The van der Waals surface area contributed by atoms with Crippen LogP contribution in [0, 0.1) is 5.92 Å². The van der Waals surface area contributed by atoms with E-state index in [9.17, 15) is 0 Å². The second-order valence-corrected chi connectivity index (χ2v) is 6.91. The number of rotatable bonds is 4. The summed E-state index contributed by atoms with van der Waals surface area (Å²) >= 11 is 7.13. The first-order valence-electron chi connectivity index (χ1n) is 6.92. The summed E-state index contributed by atoms with van der Waals surface area (Å²) in [4.78, 5) is 7.18. The summed E-state index contributed by atoms with van der Waals surface area (Å²) in [7, 11) is 0. The first-order chi connectivity index (χ1) is 9.17. The molecule has 2 atom stereocenters. The lowest BCUT2D eigenvalue weighted by atomic mass is 9.86. The fraction of sp³-hybridized carbons (Fsp3) is 0.643. The normalized spacial score (nSPS) is 24.6. The summed E-state index contributed by atoms with van der Waals surface area (Å²) in [5.41, 5.74) is 7.12. The minimum absolute atomic E-state index is 0.348. The van der Waals surface area contributed by atoms with Gasteiger partial charge in [0.25, 0.3) is 0 Å². The number of nitrogens with zero attached hydrogens (tertiary/aromatic N) is 2. The lowest BCUT2D eigenvalue weighted by Gasteiger charge is -2.41. The Balaban J connectivity index is 2.33. The van der Waals surface area contributed by atoms with Crippen LogP contribution in [-0.2, 0) is 0 Å². The molecule has 2 unspecified atom stereocenters. The summed E-state index contributed by atoms with van der Waals surface area (Å²) in [5.74, 6) is 0.505. The van der Waals surface area contributed by atoms with Crippen LogP contribution >= 0.6 is 31.9 Å². The van der Waals surface area contributed by atoms with E-state index in [0.29, 0.717) is 12.0 Å². The van der Waals surface area contributed by atoms with Gasteiger partial charge in [-0.25, -0.2) is 0 Å². The Morgan fingerprint density at radius 1 is 1.47 bits per heavy atom. The number of aromatic nitrogens is 1. The number of nitrogens with two attached hydrogens (primary N) is 1. The maximum Gasteiger partial charge on any atom is 0.0721 e. The van der Waals surface area contributed by atoms with Crippen LogP contribution in [0.25, 0.3) is 0 Å². The molecule has 2 rings (SSSR count). The third-order valence-corrected chi connectivity index (χ3v) is 4.86. The van der Waals surface area contributed by atoms with Crippen molar-refractivity contribution in [1.29, 1.82) is 0 Å². The second-order valence-electron chi connectivity index (χ2n) is 5.14. The molecule has 1 aromatic heterocycles. The largest absolute Gasteiger partial charge is 0.330 e.